The van der Waals surface area contributed by atoms with E-state index in [0.717, 1.165) is 51.6 Å². The Morgan fingerprint density at radius 1 is 1.36 bits per heavy atom. The number of hydrogen-bond donors (Lipinski definition) is 1. The average Bonchev–Trinajstić information content (AvgIpc) is 3.12. The maximum atomic E-state index is 5.10. The first-order chi connectivity index (χ1) is 11.8. The van der Waals surface area contributed by atoms with Gasteiger partial charge in [-0.3, -0.25) is 4.99 Å². The van der Waals surface area contributed by atoms with Gasteiger partial charge in [0, 0.05) is 52.3 Å². The lowest BCUT2D eigenvalue weighted by Crippen LogP contribution is -2.49. The summed E-state index contributed by atoms with van der Waals surface area (Å²) in [7, 11) is 1.76. The third-order valence-electron chi connectivity index (χ3n) is 4.73. The Hall–Kier alpha value is -0.830. The Bertz CT molecular complexity index is 480. The van der Waals surface area contributed by atoms with Gasteiger partial charge in [0.25, 0.3) is 0 Å². The molecule has 2 atom stereocenters. The quantitative estimate of drug-likeness (QED) is 0.279. The normalized spacial score (nSPS) is 21.1. The molecule has 0 amide bonds. The van der Waals surface area contributed by atoms with Gasteiger partial charge in [0.05, 0.1) is 12.4 Å². The molecule has 1 saturated heterocycles. The van der Waals surface area contributed by atoms with Crippen molar-refractivity contribution < 1.29 is 4.74 Å². The fourth-order valence-corrected chi connectivity index (χ4v) is 3.24. The lowest BCUT2D eigenvalue weighted by Gasteiger charge is -2.39. The summed E-state index contributed by atoms with van der Waals surface area (Å²) in [4.78, 5) is 11.5. The molecule has 2 heterocycles. The van der Waals surface area contributed by atoms with Crippen LogP contribution in [-0.2, 0) is 4.74 Å². The number of nitrogens with zero attached hydrogens (tertiary/aromatic N) is 4. The molecule has 1 fully saturated rings. The maximum absolute atomic E-state index is 5.10. The van der Waals surface area contributed by atoms with Crippen molar-refractivity contribution in [1.29, 1.82) is 0 Å². The number of unbranched alkanes of at least 4 members (excludes halogenated alkanes) is 2. The average molecular weight is 463 g/mol. The number of imidazole rings is 1. The smallest absolute Gasteiger partial charge is 0.193 e. The van der Waals surface area contributed by atoms with Gasteiger partial charge in [-0.05, 0) is 38.5 Å². The molecule has 0 spiro atoms. The summed E-state index contributed by atoms with van der Waals surface area (Å²) in [5.41, 5.74) is 0. The van der Waals surface area contributed by atoms with Gasteiger partial charge in [0.15, 0.2) is 5.96 Å². The van der Waals surface area contributed by atoms with E-state index in [9.17, 15) is 0 Å². The van der Waals surface area contributed by atoms with Gasteiger partial charge >= 0.3 is 0 Å². The fourth-order valence-electron chi connectivity index (χ4n) is 3.24. The van der Waals surface area contributed by atoms with Gasteiger partial charge < -0.3 is 19.5 Å². The Morgan fingerprint density at radius 3 is 2.88 bits per heavy atom. The summed E-state index contributed by atoms with van der Waals surface area (Å²) in [6, 6.07) is 0.465. The Morgan fingerprint density at radius 2 is 2.20 bits per heavy atom. The number of likely N-dealkylation sites (tertiary alicyclic amines) is 1. The van der Waals surface area contributed by atoms with Crippen LogP contribution in [0.1, 0.15) is 45.6 Å². The van der Waals surface area contributed by atoms with Crippen molar-refractivity contribution >= 4 is 29.9 Å². The number of ether oxygens (including phenoxy) is 1. The zero-order valence-electron chi connectivity index (χ0n) is 15.9. The molecule has 0 radical (unpaired) electrons. The van der Waals surface area contributed by atoms with E-state index >= 15 is 0 Å². The van der Waals surface area contributed by atoms with Gasteiger partial charge in [-0.2, -0.15) is 0 Å². The number of aliphatic imine (C=N–C) groups is 1. The monoisotopic (exact) mass is 463 g/mol. The maximum Gasteiger partial charge on any atom is 0.193 e. The SMILES string of the molecule is CCNC(=NCCCCCOC)N1CCC(C)C(n2ccnc2)C1.I. The van der Waals surface area contributed by atoms with Crippen LogP contribution in [0.5, 0.6) is 0 Å². The number of aromatic nitrogens is 2. The highest BCUT2D eigenvalue weighted by atomic mass is 127. The minimum atomic E-state index is 0. The molecule has 25 heavy (non-hydrogen) atoms. The zero-order chi connectivity index (χ0) is 17.2. The highest BCUT2D eigenvalue weighted by Crippen LogP contribution is 2.27. The van der Waals surface area contributed by atoms with Crippen molar-refractivity contribution in [2.75, 3.05) is 39.9 Å². The van der Waals surface area contributed by atoms with Crippen LogP contribution < -0.4 is 5.32 Å². The van der Waals surface area contributed by atoms with Crippen LogP contribution in [0.15, 0.2) is 23.7 Å². The van der Waals surface area contributed by atoms with Gasteiger partial charge in [-0.15, -0.1) is 24.0 Å². The summed E-state index contributed by atoms with van der Waals surface area (Å²) < 4.78 is 7.34. The van der Waals surface area contributed by atoms with E-state index in [0.29, 0.717) is 12.0 Å². The molecule has 0 bridgehead atoms. The number of nitrogens with one attached hydrogen (secondary N) is 1. The number of rotatable bonds is 8. The minimum Gasteiger partial charge on any atom is -0.385 e. The summed E-state index contributed by atoms with van der Waals surface area (Å²) in [6.45, 7) is 9.17. The van der Waals surface area contributed by atoms with Crippen LogP contribution in [0.4, 0.5) is 0 Å². The summed E-state index contributed by atoms with van der Waals surface area (Å²) >= 11 is 0. The highest BCUT2D eigenvalue weighted by Gasteiger charge is 2.28. The molecule has 2 unspecified atom stereocenters. The van der Waals surface area contributed by atoms with E-state index in [4.69, 9.17) is 9.73 Å². The topological polar surface area (TPSA) is 54.7 Å². The van der Waals surface area contributed by atoms with Crippen LogP contribution in [0.3, 0.4) is 0 Å². The Kier molecular flexibility index (Phi) is 11.1. The zero-order valence-corrected chi connectivity index (χ0v) is 18.2. The van der Waals surface area contributed by atoms with Crippen molar-refractivity contribution in [2.45, 2.75) is 45.6 Å². The van der Waals surface area contributed by atoms with Crippen molar-refractivity contribution in [3.8, 4) is 0 Å². The standard InChI is InChI=1S/C18H33N5O.HI/c1-4-20-18(21-9-6-5-7-13-24-3)22-11-8-16(2)17(14-22)23-12-10-19-15-23;/h10,12,15-17H,4-9,11,13-14H2,1-3H3,(H,20,21);1H. The predicted molar refractivity (Wildman–Crippen MR) is 114 cm³/mol. The lowest BCUT2D eigenvalue weighted by atomic mass is 9.93. The minimum absolute atomic E-state index is 0. The van der Waals surface area contributed by atoms with E-state index in [-0.39, 0.29) is 24.0 Å². The Labute approximate surface area is 169 Å². The third-order valence-corrected chi connectivity index (χ3v) is 4.73. The summed E-state index contributed by atoms with van der Waals surface area (Å²) in [5, 5.41) is 3.46. The number of halogens is 1. The van der Waals surface area contributed by atoms with E-state index < -0.39 is 0 Å². The van der Waals surface area contributed by atoms with Crippen LogP contribution in [0.2, 0.25) is 0 Å². The number of piperidine rings is 1. The second-order valence-corrected chi connectivity index (χ2v) is 6.58. The van der Waals surface area contributed by atoms with Gasteiger partial charge in [0.1, 0.15) is 0 Å². The van der Waals surface area contributed by atoms with Crippen LogP contribution in [0.25, 0.3) is 0 Å². The van der Waals surface area contributed by atoms with Crippen LogP contribution in [0, 0.1) is 5.92 Å². The van der Waals surface area contributed by atoms with E-state index in [1.807, 2.05) is 12.5 Å². The van der Waals surface area contributed by atoms with Crippen LogP contribution in [-0.4, -0.2) is 60.3 Å². The first-order valence-corrected chi connectivity index (χ1v) is 9.25. The first-order valence-electron chi connectivity index (χ1n) is 9.25. The third kappa shape index (κ3) is 7.13. The number of guanidine groups is 1. The molecule has 1 aromatic rings. The first kappa shape index (κ1) is 22.2. The molecule has 1 aliphatic heterocycles. The lowest BCUT2D eigenvalue weighted by molar-refractivity contribution is 0.188. The summed E-state index contributed by atoms with van der Waals surface area (Å²) in [6.07, 6.45) is 10.5. The van der Waals surface area contributed by atoms with Crippen molar-refractivity contribution in [2.24, 2.45) is 10.9 Å². The molecule has 144 valence electrons. The largest absolute Gasteiger partial charge is 0.385 e. The highest BCUT2D eigenvalue weighted by molar-refractivity contribution is 14.0. The van der Waals surface area contributed by atoms with Gasteiger partial charge in [-0.1, -0.05) is 6.92 Å². The molecule has 1 aromatic heterocycles. The molecule has 0 aromatic carbocycles. The molecule has 2 rings (SSSR count). The summed E-state index contributed by atoms with van der Waals surface area (Å²) in [5.74, 6) is 1.72. The molecule has 7 heteroatoms. The molecule has 0 saturated carbocycles. The molecule has 1 N–H and O–H groups in total. The molecular formula is C18H34IN5O. The van der Waals surface area contributed by atoms with E-state index in [1.165, 1.54) is 12.8 Å². The van der Waals surface area contributed by atoms with Gasteiger partial charge in [0.2, 0.25) is 0 Å². The van der Waals surface area contributed by atoms with Gasteiger partial charge in [-0.25, -0.2) is 4.98 Å². The van der Waals surface area contributed by atoms with Crippen molar-refractivity contribution in [3.05, 3.63) is 18.7 Å². The van der Waals surface area contributed by atoms with E-state index in [2.05, 4.69) is 39.8 Å². The number of methoxy groups -OCH3 is 1. The second-order valence-electron chi connectivity index (χ2n) is 6.58. The predicted octanol–water partition coefficient (Wildman–Crippen LogP) is 3.17. The fraction of sp³-hybridized carbons (Fsp3) is 0.778. The Balaban J connectivity index is 0.00000312. The van der Waals surface area contributed by atoms with Crippen molar-refractivity contribution in [3.63, 3.8) is 0 Å². The number of hydrogen-bond acceptors (Lipinski definition) is 3. The molecule has 1 aliphatic rings. The van der Waals surface area contributed by atoms with E-state index in [1.54, 1.807) is 7.11 Å². The van der Waals surface area contributed by atoms with Crippen LogP contribution >= 0.6 is 24.0 Å². The second kappa shape index (κ2) is 12.5. The molecule has 6 nitrogen and oxygen atoms in total. The van der Waals surface area contributed by atoms with Crippen molar-refractivity contribution in [1.82, 2.24) is 19.8 Å². The molecular weight excluding hydrogens is 429 g/mol. The molecule has 0 aliphatic carbocycles.